The summed E-state index contributed by atoms with van der Waals surface area (Å²) in [4.78, 5) is 13.9. The number of carbonyl (C=O) groups is 1. The fraction of sp³-hybridized carbons (Fsp3) is 0.929. The first kappa shape index (κ1) is 13.8. The summed E-state index contributed by atoms with van der Waals surface area (Å²) in [6.45, 7) is 7.66. The van der Waals surface area contributed by atoms with Crippen molar-refractivity contribution in [3.63, 3.8) is 0 Å². The summed E-state index contributed by atoms with van der Waals surface area (Å²) in [6.07, 6.45) is 4.96. The predicted octanol–water partition coefficient (Wildman–Crippen LogP) is 1.40. The molecule has 0 aromatic carbocycles. The van der Waals surface area contributed by atoms with E-state index in [0.717, 1.165) is 39.1 Å². The van der Waals surface area contributed by atoms with E-state index in [1.807, 2.05) is 18.7 Å². The Morgan fingerprint density at radius 2 is 2.06 bits per heavy atom. The molecule has 2 heterocycles. The van der Waals surface area contributed by atoms with Crippen LogP contribution in [0.15, 0.2) is 0 Å². The van der Waals surface area contributed by atoms with Gasteiger partial charge in [-0.2, -0.15) is 0 Å². The second-order valence-corrected chi connectivity index (χ2v) is 5.80. The first-order chi connectivity index (χ1) is 8.66. The summed E-state index contributed by atoms with van der Waals surface area (Å²) < 4.78 is 5.61. The van der Waals surface area contributed by atoms with Crippen LogP contribution in [0, 0.1) is 5.92 Å². The summed E-state index contributed by atoms with van der Waals surface area (Å²) in [6, 6.07) is 0.561. The third-order valence-electron chi connectivity index (χ3n) is 3.96. The predicted molar refractivity (Wildman–Crippen MR) is 71.4 cm³/mol. The lowest BCUT2D eigenvalue weighted by Gasteiger charge is -2.34. The van der Waals surface area contributed by atoms with Crippen molar-refractivity contribution < 1.29 is 9.53 Å². The number of hydrogen-bond acceptors (Lipinski definition) is 3. The Labute approximate surface area is 110 Å². The van der Waals surface area contributed by atoms with Crippen molar-refractivity contribution in [2.24, 2.45) is 5.92 Å². The van der Waals surface area contributed by atoms with Crippen molar-refractivity contribution in [2.45, 2.75) is 51.7 Å². The van der Waals surface area contributed by atoms with Crippen LogP contribution in [0.3, 0.4) is 0 Å². The maximum atomic E-state index is 11.9. The lowest BCUT2D eigenvalue weighted by atomic mass is 10.0. The molecule has 2 saturated heterocycles. The molecule has 2 aliphatic rings. The molecule has 0 bridgehead atoms. The molecular weight excluding hydrogens is 228 g/mol. The molecule has 104 valence electrons. The van der Waals surface area contributed by atoms with Gasteiger partial charge in [0.15, 0.2) is 0 Å². The third kappa shape index (κ3) is 3.69. The first-order valence-corrected chi connectivity index (χ1v) is 7.30. The lowest BCUT2D eigenvalue weighted by Crippen LogP contribution is -2.47. The fourth-order valence-corrected chi connectivity index (χ4v) is 2.77. The lowest BCUT2D eigenvalue weighted by molar-refractivity contribution is -0.135. The van der Waals surface area contributed by atoms with Crippen LogP contribution >= 0.6 is 0 Å². The van der Waals surface area contributed by atoms with Gasteiger partial charge in [-0.3, -0.25) is 4.79 Å². The molecule has 0 aromatic heterocycles. The van der Waals surface area contributed by atoms with Crippen molar-refractivity contribution in [3.8, 4) is 0 Å². The first-order valence-electron chi connectivity index (χ1n) is 7.30. The zero-order valence-corrected chi connectivity index (χ0v) is 11.7. The van der Waals surface area contributed by atoms with Crippen LogP contribution in [0.1, 0.15) is 39.5 Å². The average Bonchev–Trinajstić information content (AvgIpc) is 2.89. The van der Waals surface area contributed by atoms with E-state index < -0.39 is 0 Å². The average molecular weight is 254 g/mol. The van der Waals surface area contributed by atoms with E-state index >= 15 is 0 Å². The third-order valence-corrected chi connectivity index (χ3v) is 3.96. The highest BCUT2D eigenvalue weighted by Gasteiger charge is 2.25. The van der Waals surface area contributed by atoms with Crippen LogP contribution in [-0.2, 0) is 9.53 Å². The number of rotatable bonds is 4. The molecule has 0 radical (unpaired) electrons. The van der Waals surface area contributed by atoms with Crippen molar-refractivity contribution >= 4 is 5.91 Å². The van der Waals surface area contributed by atoms with Crippen LogP contribution in [0.5, 0.6) is 0 Å². The summed E-state index contributed by atoms with van der Waals surface area (Å²) in [5, 5.41) is 3.59. The van der Waals surface area contributed by atoms with Gasteiger partial charge >= 0.3 is 0 Å². The molecule has 2 rings (SSSR count). The molecule has 18 heavy (non-hydrogen) atoms. The number of amides is 1. The molecule has 4 nitrogen and oxygen atoms in total. The number of hydrogen-bond donors (Lipinski definition) is 1. The minimum atomic E-state index is 0.126. The van der Waals surface area contributed by atoms with Gasteiger partial charge in [-0.15, -0.1) is 0 Å². The van der Waals surface area contributed by atoms with E-state index in [2.05, 4.69) is 5.32 Å². The van der Waals surface area contributed by atoms with Crippen molar-refractivity contribution in [2.75, 3.05) is 26.2 Å². The molecule has 0 aliphatic carbocycles. The van der Waals surface area contributed by atoms with E-state index in [9.17, 15) is 4.79 Å². The number of ether oxygens (including phenoxy) is 1. The fourth-order valence-electron chi connectivity index (χ4n) is 2.77. The van der Waals surface area contributed by atoms with Crippen molar-refractivity contribution in [3.05, 3.63) is 0 Å². The zero-order valence-electron chi connectivity index (χ0n) is 11.7. The maximum absolute atomic E-state index is 11.9. The molecule has 1 atom stereocenters. The highest BCUT2D eigenvalue weighted by Crippen LogP contribution is 2.15. The molecule has 2 fully saturated rings. The Morgan fingerprint density at radius 3 is 2.61 bits per heavy atom. The Morgan fingerprint density at radius 1 is 1.33 bits per heavy atom. The number of carbonyl (C=O) groups excluding carboxylic acids is 1. The number of likely N-dealkylation sites (tertiary alicyclic amines) is 1. The van der Waals surface area contributed by atoms with Gasteiger partial charge in [0, 0.05) is 38.2 Å². The van der Waals surface area contributed by atoms with Gasteiger partial charge in [0.25, 0.3) is 0 Å². The van der Waals surface area contributed by atoms with Gasteiger partial charge in [-0.1, -0.05) is 13.8 Å². The molecule has 4 heteroatoms. The topological polar surface area (TPSA) is 41.6 Å². The smallest absolute Gasteiger partial charge is 0.225 e. The highest BCUT2D eigenvalue weighted by molar-refractivity contribution is 5.78. The standard InChI is InChI=1S/C14H26N2O2/c1-11(2)14(17)16-7-5-12(6-8-16)15-10-13-4-3-9-18-13/h11-13,15H,3-10H2,1-2H3. The Balaban J connectivity index is 1.65. The normalized spacial score (nSPS) is 25.9. The van der Waals surface area contributed by atoms with Gasteiger partial charge < -0.3 is 15.0 Å². The Kier molecular flexibility index (Phi) is 5.01. The van der Waals surface area contributed by atoms with E-state index in [0.29, 0.717) is 18.1 Å². The van der Waals surface area contributed by atoms with Crippen LogP contribution in [0.25, 0.3) is 0 Å². The molecular formula is C14H26N2O2. The van der Waals surface area contributed by atoms with Crippen LogP contribution < -0.4 is 5.32 Å². The number of piperidine rings is 1. The van der Waals surface area contributed by atoms with Gasteiger partial charge in [0.05, 0.1) is 6.10 Å². The molecule has 2 aliphatic heterocycles. The van der Waals surface area contributed by atoms with Gasteiger partial charge in [-0.25, -0.2) is 0 Å². The minimum Gasteiger partial charge on any atom is -0.377 e. The molecule has 1 N–H and O–H groups in total. The van der Waals surface area contributed by atoms with Crippen molar-refractivity contribution in [1.29, 1.82) is 0 Å². The maximum Gasteiger partial charge on any atom is 0.225 e. The number of nitrogens with one attached hydrogen (secondary N) is 1. The molecule has 0 saturated carbocycles. The van der Waals surface area contributed by atoms with Crippen LogP contribution in [0.4, 0.5) is 0 Å². The van der Waals surface area contributed by atoms with Crippen LogP contribution in [0.2, 0.25) is 0 Å². The second-order valence-electron chi connectivity index (χ2n) is 5.80. The van der Waals surface area contributed by atoms with E-state index in [1.165, 1.54) is 12.8 Å². The minimum absolute atomic E-state index is 0.126. The molecule has 0 spiro atoms. The van der Waals surface area contributed by atoms with Crippen LogP contribution in [-0.4, -0.2) is 49.2 Å². The molecule has 1 unspecified atom stereocenters. The zero-order chi connectivity index (χ0) is 13.0. The van der Waals surface area contributed by atoms with E-state index in [4.69, 9.17) is 4.74 Å². The summed E-state index contributed by atoms with van der Waals surface area (Å²) in [5.74, 6) is 0.425. The quantitative estimate of drug-likeness (QED) is 0.824. The number of nitrogens with zero attached hydrogens (tertiary/aromatic N) is 1. The monoisotopic (exact) mass is 254 g/mol. The largest absolute Gasteiger partial charge is 0.377 e. The van der Waals surface area contributed by atoms with Gasteiger partial charge in [0.1, 0.15) is 0 Å². The van der Waals surface area contributed by atoms with Crippen molar-refractivity contribution in [1.82, 2.24) is 10.2 Å². The van der Waals surface area contributed by atoms with E-state index in [-0.39, 0.29) is 5.92 Å². The second kappa shape index (κ2) is 6.53. The van der Waals surface area contributed by atoms with Gasteiger partial charge in [0.2, 0.25) is 5.91 Å². The summed E-state index contributed by atoms with van der Waals surface area (Å²) >= 11 is 0. The summed E-state index contributed by atoms with van der Waals surface area (Å²) in [7, 11) is 0. The SMILES string of the molecule is CC(C)C(=O)N1CCC(NCC2CCCO2)CC1. The molecule has 1 amide bonds. The van der Waals surface area contributed by atoms with Gasteiger partial charge in [-0.05, 0) is 25.7 Å². The van der Waals surface area contributed by atoms with E-state index in [1.54, 1.807) is 0 Å². The Bertz CT molecular complexity index is 267. The Hall–Kier alpha value is -0.610. The summed E-state index contributed by atoms with van der Waals surface area (Å²) in [5.41, 5.74) is 0. The molecule has 0 aromatic rings. The highest BCUT2D eigenvalue weighted by atomic mass is 16.5.